The SMILES string of the molecule is O=C1C/C=C/CCCCCCC1. The Morgan fingerprint density at radius 2 is 1.67 bits per heavy atom. The molecule has 1 aliphatic carbocycles. The van der Waals surface area contributed by atoms with E-state index in [-0.39, 0.29) is 0 Å². The monoisotopic (exact) mass is 166 g/mol. The molecular weight excluding hydrogens is 148 g/mol. The van der Waals surface area contributed by atoms with E-state index in [0.717, 1.165) is 19.3 Å². The molecule has 0 radical (unpaired) electrons. The quantitative estimate of drug-likeness (QED) is 0.505. The summed E-state index contributed by atoms with van der Waals surface area (Å²) in [5.41, 5.74) is 0. The molecule has 0 bridgehead atoms. The second-order valence-electron chi connectivity index (χ2n) is 3.52. The summed E-state index contributed by atoms with van der Waals surface area (Å²) in [6.07, 6.45) is 13.1. The van der Waals surface area contributed by atoms with Gasteiger partial charge in [-0.05, 0) is 19.3 Å². The van der Waals surface area contributed by atoms with E-state index in [1.54, 1.807) is 0 Å². The van der Waals surface area contributed by atoms with Gasteiger partial charge in [0.1, 0.15) is 5.78 Å². The molecule has 68 valence electrons. The van der Waals surface area contributed by atoms with Crippen LogP contribution in [0.4, 0.5) is 0 Å². The third-order valence-corrected chi connectivity index (χ3v) is 2.34. The first-order chi connectivity index (χ1) is 5.89. The van der Waals surface area contributed by atoms with E-state index in [1.165, 1.54) is 25.7 Å². The lowest BCUT2D eigenvalue weighted by atomic mass is 10.1. The van der Waals surface area contributed by atoms with Gasteiger partial charge in [-0.1, -0.05) is 31.4 Å². The van der Waals surface area contributed by atoms with E-state index in [4.69, 9.17) is 0 Å². The Balaban J connectivity index is 2.28. The number of carbonyl (C=O) groups is 1. The fraction of sp³-hybridized carbons (Fsp3) is 0.727. The molecular formula is C11H18O. The molecule has 0 saturated heterocycles. The Morgan fingerprint density at radius 3 is 2.58 bits per heavy atom. The van der Waals surface area contributed by atoms with Crippen molar-refractivity contribution in [3.05, 3.63) is 12.2 Å². The third-order valence-electron chi connectivity index (χ3n) is 2.34. The van der Waals surface area contributed by atoms with Crippen LogP contribution in [0.1, 0.15) is 51.4 Å². The van der Waals surface area contributed by atoms with Crippen molar-refractivity contribution < 1.29 is 4.79 Å². The zero-order chi connectivity index (χ0) is 8.65. The summed E-state index contributed by atoms with van der Waals surface area (Å²) in [6, 6.07) is 0. The van der Waals surface area contributed by atoms with Crippen molar-refractivity contribution in [1.29, 1.82) is 0 Å². The molecule has 1 rings (SSSR count). The summed E-state index contributed by atoms with van der Waals surface area (Å²) in [7, 11) is 0. The van der Waals surface area contributed by atoms with Gasteiger partial charge in [-0.25, -0.2) is 0 Å². The van der Waals surface area contributed by atoms with E-state index in [0.29, 0.717) is 12.2 Å². The molecule has 0 heterocycles. The molecule has 0 amide bonds. The summed E-state index contributed by atoms with van der Waals surface area (Å²) >= 11 is 0. The first-order valence-electron chi connectivity index (χ1n) is 5.06. The van der Waals surface area contributed by atoms with Crippen molar-refractivity contribution in [2.75, 3.05) is 0 Å². The van der Waals surface area contributed by atoms with Gasteiger partial charge in [0.15, 0.2) is 0 Å². The number of hydrogen-bond acceptors (Lipinski definition) is 1. The van der Waals surface area contributed by atoms with Crippen molar-refractivity contribution in [3.63, 3.8) is 0 Å². The van der Waals surface area contributed by atoms with Crippen LogP contribution in [0.15, 0.2) is 12.2 Å². The molecule has 0 aliphatic heterocycles. The summed E-state index contributed by atoms with van der Waals surface area (Å²) in [4.78, 5) is 11.2. The Hall–Kier alpha value is -0.590. The highest BCUT2D eigenvalue weighted by Gasteiger charge is 1.99. The van der Waals surface area contributed by atoms with Gasteiger partial charge >= 0.3 is 0 Å². The number of carbonyl (C=O) groups excluding carboxylic acids is 1. The summed E-state index contributed by atoms with van der Waals surface area (Å²) in [5.74, 6) is 0.410. The average Bonchev–Trinajstić information content (AvgIpc) is 2.11. The topological polar surface area (TPSA) is 17.1 Å². The fourth-order valence-electron chi connectivity index (χ4n) is 1.55. The van der Waals surface area contributed by atoms with Crippen LogP contribution < -0.4 is 0 Å². The van der Waals surface area contributed by atoms with Crippen molar-refractivity contribution >= 4 is 5.78 Å². The van der Waals surface area contributed by atoms with Gasteiger partial charge in [0.05, 0.1) is 0 Å². The van der Waals surface area contributed by atoms with Crippen LogP contribution in [0.2, 0.25) is 0 Å². The molecule has 0 aromatic heterocycles. The smallest absolute Gasteiger partial charge is 0.136 e. The van der Waals surface area contributed by atoms with Crippen molar-refractivity contribution in [3.8, 4) is 0 Å². The lowest BCUT2D eigenvalue weighted by Crippen LogP contribution is -1.94. The summed E-state index contributed by atoms with van der Waals surface area (Å²) < 4.78 is 0. The minimum Gasteiger partial charge on any atom is -0.299 e. The van der Waals surface area contributed by atoms with Gasteiger partial charge in [0.25, 0.3) is 0 Å². The van der Waals surface area contributed by atoms with Gasteiger partial charge in [-0.3, -0.25) is 4.79 Å². The molecule has 0 unspecified atom stereocenters. The Kier molecular flexibility index (Phi) is 4.74. The second kappa shape index (κ2) is 5.99. The highest BCUT2D eigenvalue weighted by atomic mass is 16.1. The van der Waals surface area contributed by atoms with E-state index >= 15 is 0 Å². The maximum atomic E-state index is 11.2. The zero-order valence-corrected chi connectivity index (χ0v) is 7.72. The summed E-state index contributed by atoms with van der Waals surface area (Å²) in [5, 5.41) is 0. The van der Waals surface area contributed by atoms with Crippen LogP contribution in [0.25, 0.3) is 0 Å². The lowest BCUT2D eigenvalue weighted by Gasteiger charge is -1.97. The van der Waals surface area contributed by atoms with E-state index in [1.807, 2.05) is 6.08 Å². The second-order valence-corrected chi connectivity index (χ2v) is 3.52. The van der Waals surface area contributed by atoms with Crippen molar-refractivity contribution in [1.82, 2.24) is 0 Å². The normalized spacial score (nSPS) is 24.5. The first-order valence-corrected chi connectivity index (χ1v) is 5.06. The molecule has 1 aliphatic rings. The van der Waals surface area contributed by atoms with Crippen LogP contribution in [-0.4, -0.2) is 5.78 Å². The Labute approximate surface area is 74.9 Å². The fourth-order valence-corrected chi connectivity index (χ4v) is 1.55. The number of rotatable bonds is 0. The van der Waals surface area contributed by atoms with Gasteiger partial charge in [0, 0.05) is 12.8 Å². The van der Waals surface area contributed by atoms with Crippen molar-refractivity contribution in [2.45, 2.75) is 51.4 Å². The molecule has 0 fully saturated rings. The Morgan fingerprint density at radius 1 is 0.917 bits per heavy atom. The number of allylic oxidation sites excluding steroid dienone is 2. The molecule has 1 nitrogen and oxygen atoms in total. The van der Waals surface area contributed by atoms with E-state index in [2.05, 4.69) is 6.08 Å². The predicted molar refractivity (Wildman–Crippen MR) is 51.1 cm³/mol. The first kappa shape index (κ1) is 9.50. The molecule has 0 saturated carbocycles. The van der Waals surface area contributed by atoms with Crippen LogP contribution in [0.3, 0.4) is 0 Å². The van der Waals surface area contributed by atoms with E-state index in [9.17, 15) is 4.79 Å². The van der Waals surface area contributed by atoms with Crippen LogP contribution in [0.5, 0.6) is 0 Å². The molecule has 0 aromatic carbocycles. The molecule has 0 N–H and O–H groups in total. The minimum atomic E-state index is 0.410. The average molecular weight is 166 g/mol. The lowest BCUT2D eigenvalue weighted by molar-refractivity contribution is -0.118. The molecule has 12 heavy (non-hydrogen) atoms. The molecule has 0 spiro atoms. The van der Waals surface area contributed by atoms with Crippen LogP contribution >= 0.6 is 0 Å². The number of Topliss-reactive ketones (excluding diaryl/α,β-unsaturated/α-hetero) is 1. The predicted octanol–water partition coefficient (Wildman–Crippen LogP) is 3.25. The largest absolute Gasteiger partial charge is 0.299 e. The van der Waals surface area contributed by atoms with Crippen LogP contribution in [0, 0.1) is 0 Å². The summed E-state index contributed by atoms with van der Waals surface area (Å²) in [6.45, 7) is 0. The minimum absolute atomic E-state index is 0.410. The van der Waals surface area contributed by atoms with Gasteiger partial charge in [-0.15, -0.1) is 0 Å². The highest BCUT2D eigenvalue weighted by molar-refractivity contribution is 5.79. The van der Waals surface area contributed by atoms with Gasteiger partial charge in [-0.2, -0.15) is 0 Å². The molecule has 0 aromatic rings. The van der Waals surface area contributed by atoms with Crippen molar-refractivity contribution in [2.24, 2.45) is 0 Å². The van der Waals surface area contributed by atoms with Gasteiger partial charge in [0.2, 0.25) is 0 Å². The van der Waals surface area contributed by atoms with E-state index < -0.39 is 0 Å². The maximum absolute atomic E-state index is 11.2. The number of hydrogen-bond donors (Lipinski definition) is 0. The standard InChI is InChI=1S/C11H18O/c12-11-9-7-5-3-1-2-4-6-8-10-11/h5,7H,1-4,6,8-10H2/b7-5+. The number of ketones is 1. The molecule has 1 heteroatoms. The van der Waals surface area contributed by atoms with Crippen LogP contribution in [-0.2, 0) is 4.79 Å². The highest BCUT2D eigenvalue weighted by Crippen LogP contribution is 2.10. The zero-order valence-electron chi connectivity index (χ0n) is 7.72. The van der Waals surface area contributed by atoms with Gasteiger partial charge < -0.3 is 0 Å². The molecule has 0 atom stereocenters. The Bertz CT molecular complexity index is 158. The third kappa shape index (κ3) is 4.32. The maximum Gasteiger partial charge on any atom is 0.136 e.